The van der Waals surface area contributed by atoms with Gasteiger partial charge in [-0.2, -0.15) is 0 Å². The van der Waals surface area contributed by atoms with E-state index in [0.29, 0.717) is 19.3 Å². The van der Waals surface area contributed by atoms with Gasteiger partial charge >= 0.3 is 0 Å². The summed E-state index contributed by atoms with van der Waals surface area (Å²) in [4.78, 5) is 0. The summed E-state index contributed by atoms with van der Waals surface area (Å²) in [5.74, 6) is 0.868. The van der Waals surface area contributed by atoms with E-state index >= 15 is 0 Å². The predicted molar refractivity (Wildman–Crippen MR) is 104 cm³/mol. The van der Waals surface area contributed by atoms with Gasteiger partial charge in [-0.25, -0.2) is 0 Å². The summed E-state index contributed by atoms with van der Waals surface area (Å²) in [6, 6.07) is 8.01. The van der Waals surface area contributed by atoms with E-state index in [2.05, 4.69) is 33.9 Å². The van der Waals surface area contributed by atoms with E-state index in [0.717, 1.165) is 30.8 Å². The van der Waals surface area contributed by atoms with Gasteiger partial charge < -0.3 is 18.6 Å². The summed E-state index contributed by atoms with van der Waals surface area (Å²) in [7, 11) is -0.120. The zero-order chi connectivity index (χ0) is 18.5. The second-order valence-corrected chi connectivity index (χ2v) is 13.2. The Bertz CT molecular complexity index is 517. The van der Waals surface area contributed by atoms with Gasteiger partial charge in [0, 0.05) is 0 Å². The third-order valence-corrected chi connectivity index (χ3v) is 9.75. The number of methoxy groups -OCH3 is 1. The van der Waals surface area contributed by atoms with E-state index in [9.17, 15) is 0 Å². The number of hydrogen-bond donors (Lipinski definition) is 0. The molecule has 1 aromatic rings. The van der Waals surface area contributed by atoms with Crippen molar-refractivity contribution in [3.05, 3.63) is 29.8 Å². The molecule has 1 heterocycles. The highest BCUT2D eigenvalue weighted by molar-refractivity contribution is 6.74. The maximum atomic E-state index is 6.59. The third-order valence-electron chi connectivity index (χ3n) is 5.21. The molecule has 1 fully saturated rings. The maximum Gasteiger partial charge on any atom is 0.192 e. The minimum Gasteiger partial charge on any atom is -0.497 e. The molecule has 2 atom stereocenters. The molecule has 25 heavy (non-hydrogen) atoms. The molecule has 4 nitrogen and oxygen atoms in total. The molecular weight excluding hydrogens is 332 g/mol. The monoisotopic (exact) mass is 366 g/mol. The Morgan fingerprint density at radius 1 is 1.20 bits per heavy atom. The van der Waals surface area contributed by atoms with Gasteiger partial charge in [0.1, 0.15) is 5.75 Å². The third kappa shape index (κ3) is 6.74. The number of rotatable bonds is 10. The normalized spacial score (nSPS) is 18.9. The van der Waals surface area contributed by atoms with Crippen LogP contribution in [0.1, 0.15) is 39.2 Å². The Hall–Kier alpha value is -0.883. The van der Waals surface area contributed by atoms with Crippen molar-refractivity contribution in [3.63, 3.8) is 0 Å². The van der Waals surface area contributed by atoms with Gasteiger partial charge in [-0.15, -0.1) is 0 Å². The summed E-state index contributed by atoms with van der Waals surface area (Å²) < 4.78 is 23.1. The van der Waals surface area contributed by atoms with Crippen molar-refractivity contribution in [1.82, 2.24) is 0 Å². The zero-order valence-corrected chi connectivity index (χ0v) is 17.6. The average Bonchev–Trinajstić information content (AvgIpc) is 3.36. The van der Waals surface area contributed by atoms with Crippen molar-refractivity contribution in [3.8, 4) is 5.75 Å². The first-order valence-electron chi connectivity index (χ1n) is 9.21. The van der Waals surface area contributed by atoms with E-state index in [4.69, 9.17) is 18.6 Å². The molecule has 0 spiro atoms. The Kier molecular flexibility index (Phi) is 7.08. The van der Waals surface area contributed by atoms with Gasteiger partial charge in [-0.1, -0.05) is 32.9 Å². The lowest BCUT2D eigenvalue weighted by molar-refractivity contribution is 0.0288. The minimum atomic E-state index is -1.80. The Labute approximate surface area is 153 Å². The van der Waals surface area contributed by atoms with Crippen LogP contribution in [0, 0.1) is 0 Å². The minimum absolute atomic E-state index is 0.142. The molecular formula is C20H34O4Si. The molecule has 1 aliphatic rings. The number of benzene rings is 1. The molecule has 0 saturated carbocycles. The van der Waals surface area contributed by atoms with Crippen LogP contribution in [0.25, 0.3) is 0 Å². The predicted octanol–water partition coefficient (Wildman–Crippen LogP) is 4.78. The SMILES string of the molecule is COc1ccc(COC[C@@H](CCC2CO2)O[Si](C)(C)C(C)(C)C)cc1. The van der Waals surface area contributed by atoms with Crippen LogP contribution in [0.2, 0.25) is 18.1 Å². The van der Waals surface area contributed by atoms with Crippen LogP contribution in [-0.4, -0.2) is 40.8 Å². The lowest BCUT2D eigenvalue weighted by atomic mass is 10.2. The van der Waals surface area contributed by atoms with E-state index in [1.807, 2.05) is 24.3 Å². The largest absolute Gasteiger partial charge is 0.497 e. The highest BCUT2D eigenvalue weighted by Crippen LogP contribution is 2.38. The first kappa shape index (κ1) is 20.4. The van der Waals surface area contributed by atoms with Gasteiger partial charge in [0.2, 0.25) is 0 Å². The summed E-state index contributed by atoms with van der Waals surface area (Å²) in [5.41, 5.74) is 1.15. The molecule has 142 valence electrons. The van der Waals surface area contributed by atoms with Crippen LogP contribution in [0.3, 0.4) is 0 Å². The van der Waals surface area contributed by atoms with Gasteiger partial charge in [-0.3, -0.25) is 0 Å². The Balaban J connectivity index is 1.86. The van der Waals surface area contributed by atoms with E-state index in [1.165, 1.54) is 0 Å². The highest BCUT2D eigenvalue weighted by Gasteiger charge is 2.39. The standard InChI is InChI=1S/C20H34O4Si/c1-20(2,3)25(5,6)24-19(12-11-18-15-23-18)14-22-13-16-7-9-17(21-4)10-8-16/h7-10,18-19H,11-15H2,1-6H3/t18?,19-/m1/s1. The fraction of sp³-hybridized carbons (Fsp3) is 0.700. The van der Waals surface area contributed by atoms with Crippen molar-refractivity contribution in [1.29, 1.82) is 0 Å². The van der Waals surface area contributed by atoms with Crippen LogP contribution >= 0.6 is 0 Å². The number of hydrogen-bond acceptors (Lipinski definition) is 4. The molecule has 1 unspecified atom stereocenters. The van der Waals surface area contributed by atoms with E-state index in [-0.39, 0.29) is 11.1 Å². The van der Waals surface area contributed by atoms with E-state index < -0.39 is 8.32 Å². The number of epoxide rings is 1. The van der Waals surface area contributed by atoms with E-state index in [1.54, 1.807) is 7.11 Å². The van der Waals surface area contributed by atoms with Crippen molar-refractivity contribution in [2.45, 2.75) is 70.6 Å². The topological polar surface area (TPSA) is 40.2 Å². The average molecular weight is 367 g/mol. The second-order valence-electron chi connectivity index (χ2n) is 8.40. The second kappa shape index (κ2) is 8.67. The van der Waals surface area contributed by atoms with Crippen molar-refractivity contribution >= 4 is 8.32 Å². The molecule has 1 aromatic carbocycles. The van der Waals surface area contributed by atoms with Gasteiger partial charge in [0.15, 0.2) is 8.32 Å². The van der Waals surface area contributed by atoms with Crippen molar-refractivity contribution in [2.75, 3.05) is 20.3 Å². The van der Waals surface area contributed by atoms with Gasteiger partial charge in [-0.05, 0) is 48.7 Å². The molecule has 5 heteroatoms. The first-order valence-corrected chi connectivity index (χ1v) is 12.1. The van der Waals surface area contributed by atoms with Crippen LogP contribution in [0.4, 0.5) is 0 Å². The molecule has 0 radical (unpaired) electrons. The summed E-state index contributed by atoms with van der Waals surface area (Å²) in [6.45, 7) is 13.6. The highest BCUT2D eigenvalue weighted by atomic mass is 28.4. The lowest BCUT2D eigenvalue weighted by Gasteiger charge is -2.39. The Morgan fingerprint density at radius 3 is 2.36 bits per heavy atom. The van der Waals surface area contributed by atoms with Crippen LogP contribution in [-0.2, 0) is 20.5 Å². The first-order chi connectivity index (χ1) is 11.7. The maximum absolute atomic E-state index is 6.59. The van der Waals surface area contributed by atoms with Gasteiger partial charge in [0.25, 0.3) is 0 Å². The van der Waals surface area contributed by atoms with Crippen LogP contribution in [0.15, 0.2) is 24.3 Å². The quantitative estimate of drug-likeness (QED) is 0.441. The van der Waals surface area contributed by atoms with Gasteiger partial charge in [0.05, 0.1) is 39.1 Å². The van der Waals surface area contributed by atoms with Crippen molar-refractivity contribution < 1.29 is 18.6 Å². The van der Waals surface area contributed by atoms with Crippen LogP contribution < -0.4 is 4.74 Å². The Morgan fingerprint density at radius 2 is 1.84 bits per heavy atom. The molecule has 1 aliphatic heterocycles. The molecule has 0 aliphatic carbocycles. The lowest BCUT2D eigenvalue weighted by Crippen LogP contribution is -2.45. The fourth-order valence-electron chi connectivity index (χ4n) is 2.41. The summed E-state index contributed by atoms with van der Waals surface area (Å²) in [5, 5.41) is 0.206. The molecule has 1 saturated heterocycles. The van der Waals surface area contributed by atoms with Crippen molar-refractivity contribution in [2.24, 2.45) is 0 Å². The molecule has 0 amide bonds. The molecule has 2 rings (SSSR count). The zero-order valence-electron chi connectivity index (χ0n) is 16.6. The smallest absolute Gasteiger partial charge is 0.192 e. The molecule has 0 bridgehead atoms. The molecule has 0 N–H and O–H groups in total. The fourth-order valence-corrected chi connectivity index (χ4v) is 3.78. The van der Waals surface area contributed by atoms with Crippen LogP contribution in [0.5, 0.6) is 5.75 Å². The summed E-state index contributed by atoms with van der Waals surface area (Å²) in [6.07, 6.45) is 2.64. The molecule has 0 aromatic heterocycles. The number of ether oxygens (including phenoxy) is 3. The summed E-state index contributed by atoms with van der Waals surface area (Å²) >= 11 is 0.